The van der Waals surface area contributed by atoms with E-state index < -0.39 is 17.5 Å². The van der Waals surface area contributed by atoms with E-state index in [1.165, 1.54) is 0 Å². The van der Waals surface area contributed by atoms with E-state index in [0.717, 1.165) is 25.7 Å². The molecule has 0 aromatic rings. The molecule has 1 heterocycles. The summed E-state index contributed by atoms with van der Waals surface area (Å²) in [6.45, 7) is 1.06. The molecule has 1 atom stereocenters. The zero-order valence-electron chi connectivity index (χ0n) is 11.8. The number of aliphatic carboxylic acids is 1. The minimum Gasteiger partial charge on any atom is -0.481 e. The predicted molar refractivity (Wildman–Crippen MR) is 73.4 cm³/mol. The Kier molecular flexibility index (Phi) is 4.86. The van der Waals surface area contributed by atoms with Gasteiger partial charge in [0.2, 0.25) is 0 Å². The van der Waals surface area contributed by atoms with Crippen molar-refractivity contribution in [2.75, 3.05) is 19.6 Å². The smallest absolute Gasteiger partial charge is 0.317 e. The number of nitrogens with one attached hydrogen (secondary N) is 1. The van der Waals surface area contributed by atoms with Crippen molar-refractivity contribution in [2.24, 2.45) is 5.41 Å². The van der Waals surface area contributed by atoms with Gasteiger partial charge in [-0.1, -0.05) is 25.7 Å². The number of carboxylic acids is 1. The topological polar surface area (TPSA) is 89.9 Å². The Bertz CT molecular complexity index is 364. The van der Waals surface area contributed by atoms with E-state index in [4.69, 9.17) is 0 Å². The molecule has 2 aliphatic rings. The third-order valence-corrected chi connectivity index (χ3v) is 4.54. The second-order valence-corrected chi connectivity index (χ2v) is 6.05. The van der Waals surface area contributed by atoms with Crippen LogP contribution in [0.2, 0.25) is 0 Å². The van der Waals surface area contributed by atoms with Gasteiger partial charge in [0.1, 0.15) is 0 Å². The first kappa shape index (κ1) is 15.1. The van der Waals surface area contributed by atoms with Gasteiger partial charge in [0.25, 0.3) is 0 Å². The SMILES string of the molecule is O=C(NCC1(C(=O)O)CCCCCC1)N1CCC(O)C1. The highest BCUT2D eigenvalue weighted by Gasteiger charge is 2.39. The summed E-state index contributed by atoms with van der Waals surface area (Å²) >= 11 is 0. The van der Waals surface area contributed by atoms with Crippen molar-refractivity contribution < 1.29 is 19.8 Å². The van der Waals surface area contributed by atoms with Crippen molar-refractivity contribution in [3.05, 3.63) is 0 Å². The van der Waals surface area contributed by atoms with Crippen molar-refractivity contribution in [3.8, 4) is 0 Å². The van der Waals surface area contributed by atoms with Crippen LogP contribution < -0.4 is 5.32 Å². The number of aliphatic hydroxyl groups is 1. The van der Waals surface area contributed by atoms with Crippen molar-refractivity contribution in [1.82, 2.24) is 10.2 Å². The summed E-state index contributed by atoms with van der Waals surface area (Å²) in [4.78, 5) is 25.2. The lowest BCUT2D eigenvalue weighted by Crippen LogP contribution is -2.47. The summed E-state index contributed by atoms with van der Waals surface area (Å²) in [5.41, 5.74) is -0.815. The zero-order chi connectivity index (χ0) is 14.6. The first-order valence-electron chi connectivity index (χ1n) is 7.48. The van der Waals surface area contributed by atoms with Crippen LogP contribution in [0.1, 0.15) is 44.9 Å². The van der Waals surface area contributed by atoms with Crippen molar-refractivity contribution >= 4 is 12.0 Å². The van der Waals surface area contributed by atoms with Gasteiger partial charge in [0.15, 0.2) is 0 Å². The van der Waals surface area contributed by atoms with Crippen LogP contribution in [0.4, 0.5) is 4.79 Å². The summed E-state index contributed by atoms with van der Waals surface area (Å²) in [6.07, 6.45) is 5.36. The first-order valence-corrected chi connectivity index (χ1v) is 7.48. The van der Waals surface area contributed by atoms with Gasteiger partial charge >= 0.3 is 12.0 Å². The fraction of sp³-hybridized carbons (Fsp3) is 0.857. The Morgan fingerprint density at radius 1 is 1.20 bits per heavy atom. The maximum atomic E-state index is 12.0. The van der Waals surface area contributed by atoms with Gasteiger partial charge in [-0.25, -0.2) is 4.79 Å². The summed E-state index contributed by atoms with van der Waals surface area (Å²) in [7, 11) is 0. The summed E-state index contributed by atoms with van der Waals surface area (Å²) in [5, 5.41) is 21.7. The average Bonchev–Trinajstić information content (AvgIpc) is 2.71. The highest BCUT2D eigenvalue weighted by molar-refractivity contribution is 5.78. The summed E-state index contributed by atoms with van der Waals surface area (Å²) in [5.74, 6) is -0.804. The molecule has 0 aromatic heterocycles. The van der Waals surface area contributed by atoms with Crippen LogP contribution in [0.15, 0.2) is 0 Å². The summed E-state index contributed by atoms with van der Waals surface area (Å²) in [6, 6.07) is -0.258. The Hall–Kier alpha value is -1.30. The fourth-order valence-corrected chi connectivity index (χ4v) is 3.15. The molecule has 6 heteroatoms. The molecule has 6 nitrogen and oxygen atoms in total. The largest absolute Gasteiger partial charge is 0.481 e. The normalized spacial score (nSPS) is 26.1. The lowest BCUT2D eigenvalue weighted by molar-refractivity contribution is -0.149. The number of nitrogens with zero attached hydrogens (tertiary/aromatic N) is 1. The van der Waals surface area contributed by atoms with Crippen molar-refractivity contribution in [3.63, 3.8) is 0 Å². The number of urea groups is 1. The van der Waals surface area contributed by atoms with Crippen LogP contribution in [0.3, 0.4) is 0 Å². The number of carboxylic acid groups (broad SMARTS) is 1. The van der Waals surface area contributed by atoms with Gasteiger partial charge in [-0.05, 0) is 19.3 Å². The first-order chi connectivity index (χ1) is 9.53. The number of β-amino-alcohol motifs (C(OH)–C–C–N with tert-alkyl or cyclic N) is 1. The van der Waals surface area contributed by atoms with Crippen LogP contribution >= 0.6 is 0 Å². The van der Waals surface area contributed by atoms with Crippen molar-refractivity contribution in [1.29, 1.82) is 0 Å². The van der Waals surface area contributed by atoms with Crippen LogP contribution in [0, 0.1) is 5.41 Å². The van der Waals surface area contributed by atoms with E-state index in [9.17, 15) is 19.8 Å². The lowest BCUT2D eigenvalue weighted by Gasteiger charge is -2.29. The van der Waals surface area contributed by atoms with E-state index in [-0.39, 0.29) is 12.6 Å². The summed E-state index contributed by atoms with van der Waals surface area (Å²) < 4.78 is 0. The van der Waals surface area contributed by atoms with Crippen LogP contribution in [-0.4, -0.2) is 52.9 Å². The van der Waals surface area contributed by atoms with Crippen LogP contribution in [0.25, 0.3) is 0 Å². The quantitative estimate of drug-likeness (QED) is 0.679. The molecule has 0 spiro atoms. The molecule has 0 bridgehead atoms. The minimum atomic E-state index is -0.815. The van der Waals surface area contributed by atoms with Gasteiger partial charge in [-0.15, -0.1) is 0 Å². The molecule has 20 heavy (non-hydrogen) atoms. The van der Waals surface area contributed by atoms with Crippen molar-refractivity contribution in [2.45, 2.75) is 51.0 Å². The second-order valence-electron chi connectivity index (χ2n) is 6.05. The van der Waals surface area contributed by atoms with E-state index in [0.29, 0.717) is 32.4 Å². The highest BCUT2D eigenvalue weighted by Crippen LogP contribution is 2.34. The molecular weight excluding hydrogens is 260 g/mol. The van der Waals surface area contributed by atoms with Gasteiger partial charge in [-0.3, -0.25) is 4.79 Å². The van der Waals surface area contributed by atoms with Gasteiger partial charge < -0.3 is 20.4 Å². The number of carbonyl (C=O) groups is 2. The number of likely N-dealkylation sites (tertiary alicyclic amines) is 1. The number of carbonyl (C=O) groups excluding carboxylic acids is 1. The molecule has 1 saturated heterocycles. The fourth-order valence-electron chi connectivity index (χ4n) is 3.15. The molecule has 1 unspecified atom stereocenters. The molecule has 2 fully saturated rings. The number of amides is 2. The van der Waals surface area contributed by atoms with E-state index in [1.54, 1.807) is 4.90 Å². The molecule has 1 aliphatic heterocycles. The van der Waals surface area contributed by atoms with E-state index >= 15 is 0 Å². The molecule has 1 aliphatic carbocycles. The monoisotopic (exact) mass is 284 g/mol. The Balaban J connectivity index is 1.91. The van der Waals surface area contributed by atoms with Crippen LogP contribution in [0.5, 0.6) is 0 Å². The number of hydrogen-bond donors (Lipinski definition) is 3. The Labute approximate surface area is 119 Å². The molecule has 0 aromatic carbocycles. The highest BCUT2D eigenvalue weighted by atomic mass is 16.4. The molecule has 1 saturated carbocycles. The molecule has 114 valence electrons. The molecule has 0 radical (unpaired) electrons. The zero-order valence-corrected chi connectivity index (χ0v) is 11.8. The number of rotatable bonds is 3. The van der Waals surface area contributed by atoms with Gasteiger partial charge in [0, 0.05) is 19.6 Å². The molecule has 2 amide bonds. The Morgan fingerprint density at radius 2 is 1.85 bits per heavy atom. The van der Waals surface area contributed by atoms with Crippen LogP contribution in [-0.2, 0) is 4.79 Å². The second kappa shape index (κ2) is 6.43. The molecular formula is C14H24N2O4. The third-order valence-electron chi connectivity index (χ3n) is 4.54. The maximum Gasteiger partial charge on any atom is 0.317 e. The minimum absolute atomic E-state index is 0.188. The number of hydrogen-bond acceptors (Lipinski definition) is 3. The molecule has 2 rings (SSSR count). The Morgan fingerprint density at radius 3 is 2.35 bits per heavy atom. The molecule has 3 N–H and O–H groups in total. The van der Waals surface area contributed by atoms with E-state index in [2.05, 4.69) is 5.32 Å². The number of aliphatic hydroxyl groups excluding tert-OH is 1. The third kappa shape index (κ3) is 3.42. The van der Waals surface area contributed by atoms with E-state index in [1.807, 2.05) is 0 Å². The predicted octanol–water partition coefficient (Wildman–Crippen LogP) is 1.19. The van der Waals surface area contributed by atoms with Gasteiger partial charge in [0.05, 0.1) is 11.5 Å². The maximum absolute atomic E-state index is 12.0. The standard InChI is InChI=1S/C14H24N2O4/c17-11-5-8-16(9-11)13(20)15-10-14(12(18)19)6-3-1-2-4-7-14/h11,17H,1-10H2,(H,15,20)(H,18,19). The average molecular weight is 284 g/mol. The lowest BCUT2D eigenvalue weighted by atomic mass is 9.80. The van der Waals surface area contributed by atoms with Gasteiger partial charge in [-0.2, -0.15) is 0 Å².